The molecule has 1 aliphatic heterocycles. The van der Waals surface area contributed by atoms with Gasteiger partial charge in [0.2, 0.25) is 0 Å². The zero-order valence-electron chi connectivity index (χ0n) is 4.42. The summed E-state index contributed by atoms with van der Waals surface area (Å²) in [6, 6.07) is 0. The van der Waals surface area contributed by atoms with Gasteiger partial charge in [-0.3, -0.25) is 0 Å². The van der Waals surface area contributed by atoms with Crippen LogP contribution in [0.25, 0.3) is 0 Å². The highest BCUT2D eigenvalue weighted by atomic mass is 31.1. The summed E-state index contributed by atoms with van der Waals surface area (Å²) in [5.41, 5.74) is 0.381. The van der Waals surface area contributed by atoms with Crippen molar-refractivity contribution in [3.05, 3.63) is 11.6 Å². The van der Waals surface area contributed by atoms with Gasteiger partial charge in [0.15, 0.2) is 0 Å². The standard InChI is InChI=1S/C5H5O2P/c1-4-2-3-8(7)5(4)6/h2-3H,1H3. The normalized spacial score (nSPS) is 23.0. The Labute approximate surface area is 48.3 Å². The molecule has 0 radical (unpaired) electrons. The van der Waals surface area contributed by atoms with Crippen molar-refractivity contribution in [1.82, 2.24) is 0 Å². The first-order valence-corrected chi connectivity index (χ1v) is 3.57. The minimum atomic E-state index is -1.67. The molecule has 8 heavy (non-hydrogen) atoms. The van der Waals surface area contributed by atoms with Crippen LogP contribution in [0.3, 0.4) is 0 Å². The topological polar surface area (TPSA) is 40.1 Å². The smallest absolute Gasteiger partial charge is 0.345 e. The van der Waals surface area contributed by atoms with Gasteiger partial charge < -0.3 is 4.89 Å². The molecular formula is C5H5O2P. The van der Waals surface area contributed by atoms with E-state index >= 15 is 0 Å². The largest absolute Gasteiger partial charge is 0.623 e. The highest BCUT2D eigenvalue weighted by Gasteiger charge is 2.18. The summed E-state index contributed by atoms with van der Waals surface area (Å²) in [6.07, 6.45) is 1.60. The summed E-state index contributed by atoms with van der Waals surface area (Å²) in [5.74, 6) is 1.44. The van der Waals surface area contributed by atoms with Crippen LogP contribution >= 0.6 is 7.77 Å². The van der Waals surface area contributed by atoms with Gasteiger partial charge in [0.25, 0.3) is 0 Å². The van der Waals surface area contributed by atoms with E-state index in [-0.39, 0.29) is 5.52 Å². The number of carbonyl (C=O) groups excluding carboxylic acids is 1. The van der Waals surface area contributed by atoms with Gasteiger partial charge >= 0.3 is 5.52 Å². The van der Waals surface area contributed by atoms with Crippen LogP contribution in [0.1, 0.15) is 6.92 Å². The van der Waals surface area contributed by atoms with E-state index in [0.717, 1.165) is 0 Å². The second-order valence-electron chi connectivity index (χ2n) is 1.63. The Bertz CT molecular complexity index is 171. The molecule has 2 nitrogen and oxygen atoms in total. The van der Waals surface area contributed by atoms with E-state index < -0.39 is 7.77 Å². The van der Waals surface area contributed by atoms with Crippen molar-refractivity contribution in [2.24, 2.45) is 0 Å². The van der Waals surface area contributed by atoms with Crippen LogP contribution in [-0.2, 0) is 4.79 Å². The van der Waals surface area contributed by atoms with Crippen LogP contribution in [-0.4, -0.2) is 11.3 Å². The van der Waals surface area contributed by atoms with Gasteiger partial charge in [-0.1, -0.05) is 0 Å². The zero-order valence-corrected chi connectivity index (χ0v) is 5.31. The SMILES string of the molecule is CC1=CC=[P+]([O-])C1=O. The van der Waals surface area contributed by atoms with E-state index in [1.54, 1.807) is 13.0 Å². The quantitative estimate of drug-likeness (QED) is 0.432. The van der Waals surface area contributed by atoms with E-state index in [0.29, 0.717) is 5.57 Å². The summed E-state index contributed by atoms with van der Waals surface area (Å²) < 4.78 is 0. The fraction of sp³-hybridized carbons (Fsp3) is 0.200. The highest BCUT2D eigenvalue weighted by Crippen LogP contribution is 2.22. The van der Waals surface area contributed by atoms with Crippen molar-refractivity contribution in [2.45, 2.75) is 6.92 Å². The molecular weight excluding hydrogens is 123 g/mol. The van der Waals surface area contributed by atoms with Gasteiger partial charge in [-0.25, -0.2) is 4.79 Å². The summed E-state index contributed by atoms with van der Waals surface area (Å²) in [7, 11) is -1.67. The maximum atomic E-state index is 10.5. The van der Waals surface area contributed by atoms with Crippen molar-refractivity contribution in [1.29, 1.82) is 0 Å². The maximum absolute atomic E-state index is 10.5. The molecule has 0 saturated carbocycles. The van der Waals surface area contributed by atoms with Crippen molar-refractivity contribution >= 4 is 19.1 Å². The molecule has 42 valence electrons. The van der Waals surface area contributed by atoms with E-state index in [2.05, 4.69) is 0 Å². The fourth-order valence-electron chi connectivity index (χ4n) is 0.492. The van der Waals surface area contributed by atoms with E-state index in [4.69, 9.17) is 0 Å². The molecule has 0 aliphatic carbocycles. The number of allylic oxidation sites excluding steroid dienone is 2. The van der Waals surface area contributed by atoms with Crippen molar-refractivity contribution < 1.29 is 9.69 Å². The average Bonchev–Trinajstić information content (AvgIpc) is 1.98. The molecule has 0 spiro atoms. The molecule has 1 unspecified atom stereocenters. The molecule has 0 fully saturated rings. The van der Waals surface area contributed by atoms with Crippen LogP contribution in [0, 0.1) is 0 Å². The predicted octanol–water partition coefficient (Wildman–Crippen LogP) is 0.0323. The molecule has 1 rings (SSSR count). The second-order valence-corrected chi connectivity index (χ2v) is 2.99. The summed E-state index contributed by atoms with van der Waals surface area (Å²) in [4.78, 5) is 21.0. The van der Waals surface area contributed by atoms with Gasteiger partial charge in [-0.05, 0) is 13.0 Å². The van der Waals surface area contributed by atoms with Gasteiger partial charge in [0.1, 0.15) is 13.6 Å². The first kappa shape index (κ1) is 5.67. The lowest BCUT2D eigenvalue weighted by Crippen LogP contribution is -1.97. The zero-order chi connectivity index (χ0) is 6.15. The number of hydrogen-bond acceptors (Lipinski definition) is 2. The highest BCUT2D eigenvalue weighted by molar-refractivity contribution is 7.69. The Hall–Kier alpha value is -0.460. The van der Waals surface area contributed by atoms with E-state index in [1.165, 1.54) is 5.80 Å². The van der Waals surface area contributed by atoms with Crippen LogP contribution in [0.15, 0.2) is 11.6 Å². The first-order chi connectivity index (χ1) is 3.72. The van der Waals surface area contributed by atoms with E-state index in [1.807, 2.05) is 0 Å². The molecule has 0 bridgehead atoms. The van der Waals surface area contributed by atoms with Crippen LogP contribution < -0.4 is 4.89 Å². The number of rotatable bonds is 0. The lowest BCUT2D eigenvalue weighted by Gasteiger charge is -1.84. The third kappa shape index (κ3) is 0.726. The van der Waals surface area contributed by atoms with Gasteiger partial charge in [0, 0.05) is 5.57 Å². The van der Waals surface area contributed by atoms with Gasteiger partial charge in [-0.15, -0.1) is 0 Å². The van der Waals surface area contributed by atoms with Gasteiger partial charge in [-0.2, -0.15) is 0 Å². The Morgan fingerprint density at radius 3 is 2.50 bits per heavy atom. The van der Waals surface area contributed by atoms with Crippen LogP contribution in [0.4, 0.5) is 0 Å². The molecule has 0 aromatic rings. The third-order valence-electron chi connectivity index (χ3n) is 0.997. The lowest BCUT2D eigenvalue weighted by atomic mass is 10.3. The number of carbonyl (C=O) groups is 1. The monoisotopic (exact) mass is 128 g/mol. The van der Waals surface area contributed by atoms with E-state index in [9.17, 15) is 9.69 Å². The molecule has 1 aliphatic rings. The van der Waals surface area contributed by atoms with Crippen LogP contribution in [0.2, 0.25) is 0 Å². The van der Waals surface area contributed by atoms with Crippen LogP contribution in [0.5, 0.6) is 0 Å². The summed E-state index contributed by atoms with van der Waals surface area (Å²) >= 11 is 0. The molecule has 1 atom stereocenters. The lowest BCUT2D eigenvalue weighted by molar-refractivity contribution is -0.157. The molecule has 3 heteroatoms. The Morgan fingerprint density at radius 1 is 1.75 bits per heavy atom. The summed E-state index contributed by atoms with van der Waals surface area (Å²) in [6.45, 7) is 1.67. The fourth-order valence-corrected chi connectivity index (χ4v) is 1.41. The van der Waals surface area contributed by atoms with Gasteiger partial charge in [0.05, 0.1) is 0 Å². The molecule has 0 amide bonds. The average molecular weight is 128 g/mol. The molecule has 0 aromatic heterocycles. The van der Waals surface area contributed by atoms with Crippen molar-refractivity contribution in [3.8, 4) is 0 Å². The molecule has 1 heterocycles. The Balaban J connectivity index is 2.92. The summed E-state index contributed by atoms with van der Waals surface area (Å²) in [5, 5.41) is 0. The Kier molecular flexibility index (Phi) is 1.28. The second kappa shape index (κ2) is 1.81. The minimum Gasteiger partial charge on any atom is -0.623 e. The third-order valence-corrected chi connectivity index (χ3v) is 2.17. The first-order valence-electron chi connectivity index (χ1n) is 2.24. The molecule has 0 aromatic carbocycles. The number of hydrogen-bond donors (Lipinski definition) is 0. The Morgan fingerprint density at radius 2 is 2.38 bits per heavy atom. The molecule has 0 N–H and O–H groups in total. The molecule has 0 saturated heterocycles. The predicted molar refractivity (Wildman–Crippen MR) is 31.7 cm³/mol. The minimum absolute atomic E-state index is 0.222. The maximum Gasteiger partial charge on any atom is 0.345 e. The van der Waals surface area contributed by atoms with Crippen molar-refractivity contribution in [3.63, 3.8) is 0 Å². The van der Waals surface area contributed by atoms with Crippen molar-refractivity contribution in [2.75, 3.05) is 0 Å².